The van der Waals surface area contributed by atoms with Gasteiger partial charge in [0.05, 0.1) is 0 Å². The van der Waals surface area contributed by atoms with E-state index < -0.39 is 0 Å². The lowest BCUT2D eigenvalue weighted by Gasteiger charge is -2.19. The predicted molar refractivity (Wildman–Crippen MR) is 112 cm³/mol. The molecule has 1 aliphatic heterocycles. The first-order chi connectivity index (χ1) is 12.8. The van der Waals surface area contributed by atoms with Gasteiger partial charge in [0.1, 0.15) is 0 Å². The summed E-state index contributed by atoms with van der Waals surface area (Å²) in [6.07, 6.45) is 6.25. The van der Waals surface area contributed by atoms with Gasteiger partial charge in [0, 0.05) is 12.2 Å². The van der Waals surface area contributed by atoms with E-state index in [-0.39, 0.29) is 0 Å². The maximum atomic E-state index is 3.80. The molecule has 0 aliphatic carbocycles. The van der Waals surface area contributed by atoms with Gasteiger partial charge in [-0.2, -0.15) is 0 Å². The first-order valence-corrected chi connectivity index (χ1v) is 9.16. The first-order valence-electron chi connectivity index (χ1n) is 9.16. The molecule has 0 atom stereocenters. The fraction of sp³-hybridized carbons (Fsp3) is 0.120. The normalized spacial score (nSPS) is 12.7. The van der Waals surface area contributed by atoms with Gasteiger partial charge in [-0.25, -0.2) is 0 Å². The highest BCUT2D eigenvalue weighted by Crippen LogP contribution is 2.24. The van der Waals surface area contributed by atoms with E-state index in [0.717, 1.165) is 19.4 Å². The molecule has 0 aromatic heterocycles. The SMILES string of the molecule is C=Cc1ccc(CCc2ccc(C3=Cc4ccccc4CN3)cc2)cc1. The van der Waals surface area contributed by atoms with Gasteiger partial charge >= 0.3 is 0 Å². The molecule has 26 heavy (non-hydrogen) atoms. The summed E-state index contributed by atoms with van der Waals surface area (Å²) >= 11 is 0. The van der Waals surface area contributed by atoms with Crippen molar-refractivity contribution >= 4 is 17.8 Å². The summed E-state index contributed by atoms with van der Waals surface area (Å²) in [4.78, 5) is 0. The Kier molecular flexibility index (Phi) is 4.70. The smallest absolute Gasteiger partial charge is 0.0422 e. The lowest BCUT2D eigenvalue weighted by molar-refractivity contribution is 0.878. The molecule has 0 fully saturated rings. The molecule has 0 radical (unpaired) electrons. The van der Waals surface area contributed by atoms with E-state index in [4.69, 9.17) is 0 Å². The maximum Gasteiger partial charge on any atom is 0.0422 e. The molecule has 1 nitrogen and oxygen atoms in total. The zero-order chi connectivity index (χ0) is 17.8. The third kappa shape index (κ3) is 3.62. The van der Waals surface area contributed by atoms with Gasteiger partial charge in [-0.05, 0) is 52.3 Å². The number of aryl methyl sites for hydroxylation is 2. The molecular formula is C25H23N. The van der Waals surface area contributed by atoms with E-state index in [1.807, 2.05) is 6.08 Å². The third-order valence-corrected chi connectivity index (χ3v) is 5.01. The molecule has 0 amide bonds. The highest BCUT2D eigenvalue weighted by atomic mass is 14.9. The molecule has 1 heteroatoms. The monoisotopic (exact) mass is 337 g/mol. The largest absolute Gasteiger partial charge is 0.380 e. The van der Waals surface area contributed by atoms with Crippen molar-refractivity contribution in [3.63, 3.8) is 0 Å². The molecule has 1 heterocycles. The molecular weight excluding hydrogens is 314 g/mol. The molecule has 1 aliphatic rings. The fourth-order valence-corrected chi connectivity index (χ4v) is 3.38. The van der Waals surface area contributed by atoms with Crippen LogP contribution in [0.15, 0.2) is 79.4 Å². The minimum atomic E-state index is 0.893. The van der Waals surface area contributed by atoms with Crippen molar-refractivity contribution in [1.29, 1.82) is 0 Å². The van der Waals surface area contributed by atoms with Crippen LogP contribution in [0, 0.1) is 0 Å². The summed E-state index contributed by atoms with van der Waals surface area (Å²) in [6, 6.07) is 26.2. The number of rotatable bonds is 5. The Hall–Kier alpha value is -3.06. The lowest BCUT2D eigenvalue weighted by atomic mass is 9.98. The quantitative estimate of drug-likeness (QED) is 0.628. The number of hydrogen-bond donors (Lipinski definition) is 1. The highest BCUT2D eigenvalue weighted by Gasteiger charge is 2.10. The molecule has 3 aromatic rings. The van der Waals surface area contributed by atoms with Gasteiger partial charge in [-0.15, -0.1) is 0 Å². The van der Waals surface area contributed by atoms with Crippen LogP contribution in [-0.4, -0.2) is 0 Å². The number of fused-ring (bicyclic) bond motifs is 1. The van der Waals surface area contributed by atoms with Gasteiger partial charge in [0.15, 0.2) is 0 Å². The minimum absolute atomic E-state index is 0.893. The van der Waals surface area contributed by atoms with E-state index >= 15 is 0 Å². The summed E-state index contributed by atoms with van der Waals surface area (Å²) in [5.41, 5.74) is 9.04. The molecule has 1 N–H and O–H groups in total. The maximum absolute atomic E-state index is 3.80. The van der Waals surface area contributed by atoms with Crippen LogP contribution < -0.4 is 5.32 Å². The first kappa shape index (κ1) is 16.4. The van der Waals surface area contributed by atoms with E-state index in [0.29, 0.717) is 0 Å². The second kappa shape index (κ2) is 7.45. The average molecular weight is 337 g/mol. The van der Waals surface area contributed by atoms with Crippen molar-refractivity contribution in [1.82, 2.24) is 5.32 Å². The molecule has 4 rings (SSSR count). The summed E-state index contributed by atoms with van der Waals surface area (Å²) in [5.74, 6) is 0. The van der Waals surface area contributed by atoms with Crippen LogP contribution in [0.5, 0.6) is 0 Å². The van der Waals surface area contributed by atoms with E-state index in [9.17, 15) is 0 Å². The van der Waals surface area contributed by atoms with Crippen molar-refractivity contribution in [3.05, 3.63) is 113 Å². The van der Waals surface area contributed by atoms with Crippen molar-refractivity contribution in [2.75, 3.05) is 0 Å². The van der Waals surface area contributed by atoms with Crippen LogP contribution in [0.3, 0.4) is 0 Å². The second-order valence-electron chi connectivity index (χ2n) is 6.75. The second-order valence-corrected chi connectivity index (χ2v) is 6.75. The Morgan fingerprint density at radius 1 is 0.808 bits per heavy atom. The van der Waals surface area contributed by atoms with E-state index in [1.54, 1.807) is 0 Å². The Bertz CT molecular complexity index is 931. The average Bonchev–Trinajstić information content (AvgIpc) is 2.72. The summed E-state index contributed by atoms with van der Waals surface area (Å²) < 4.78 is 0. The van der Waals surface area contributed by atoms with Crippen molar-refractivity contribution < 1.29 is 0 Å². The zero-order valence-electron chi connectivity index (χ0n) is 14.9. The van der Waals surface area contributed by atoms with Crippen molar-refractivity contribution in [3.8, 4) is 0 Å². The molecule has 0 saturated carbocycles. The Balaban J connectivity index is 1.44. The van der Waals surface area contributed by atoms with Gasteiger partial charge in [-0.1, -0.05) is 85.5 Å². The van der Waals surface area contributed by atoms with Crippen molar-refractivity contribution in [2.24, 2.45) is 0 Å². The number of nitrogens with one attached hydrogen (secondary N) is 1. The van der Waals surface area contributed by atoms with Crippen LogP contribution in [-0.2, 0) is 19.4 Å². The summed E-state index contributed by atoms with van der Waals surface area (Å²) in [6.45, 7) is 4.70. The van der Waals surface area contributed by atoms with Gasteiger partial charge in [-0.3, -0.25) is 0 Å². The van der Waals surface area contributed by atoms with Gasteiger partial charge in [0.25, 0.3) is 0 Å². The molecule has 0 spiro atoms. The fourth-order valence-electron chi connectivity index (χ4n) is 3.38. The molecule has 3 aromatic carbocycles. The van der Waals surface area contributed by atoms with Crippen molar-refractivity contribution in [2.45, 2.75) is 19.4 Å². The van der Waals surface area contributed by atoms with Crippen LogP contribution in [0.4, 0.5) is 0 Å². The van der Waals surface area contributed by atoms with Crippen LogP contribution in [0.2, 0.25) is 0 Å². The number of hydrogen-bond acceptors (Lipinski definition) is 1. The molecule has 128 valence electrons. The number of benzene rings is 3. The van der Waals surface area contributed by atoms with Gasteiger partial charge in [0.2, 0.25) is 0 Å². The van der Waals surface area contributed by atoms with Crippen LogP contribution in [0.25, 0.3) is 17.8 Å². The Morgan fingerprint density at radius 3 is 2.15 bits per heavy atom. The van der Waals surface area contributed by atoms with E-state index in [1.165, 1.54) is 39.1 Å². The summed E-state index contributed by atoms with van der Waals surface area (Å²) in [7, 11) is 0. The molecule has 0 bridgehead atoms. The van der Waals surface area contributed by atoms with Crippen LogP contribution >= 0.6 is 0 Å². The minimum Gasteiger partial charge on any atom is -0.380 e. The van der Waals surface area contributed by atoms with Crippen LogP contribution in [0.1, 0.15) is 33.4 Å². The third-order valence-electron chi connectivity index (χ3n) is 5.01. The molecule has 0 saturated heterocycles. The topological polar surface area (TPSA) is 12.0 Å². The van der Waals surface area contributed by atoms with Gasteiger partial charge < -0.3 is 5.32 Å². The molecule has 0 unspecified atom stereocenters. The standard InChI is InChI=1S/C25H23N/c1-2-19-7-9-20(10-8-19)11-12-21-13-15-22(16-14-21)25-17-23-5-3-4-6-24(23)18-26-25/h2-10,13-17,26H,1,11-12,18H2. The lowest BCUT2D eigenvalue weighted by Crippen LogP contribution is -2.16. The Labute approximate surface area is 155 Å². The zero-order valence-corrected chi connectivity index (χ0v) is 14.9. The Morgan fingerprint density at radius 2 is 1.46 bits per heavy atom. The predicted octanol–water partition coefficient (Wildman–Crippen LogP) is 5.72. The highest BCUT2D eigenvalue weighted by molar-refractivity contribution is 5.83. The summed E-state index contributed by atoms with van der Waals surface area (Å²) in [5, 5.41) is 3.53. The van der Waals surface area contributed by atoms with E-state index in [2.05, 4.69) is 90.8 Å².